The van der Waals surface area contributed by atoms with Gasteiger partial charge in [0.2, 0.25) is 0 Å². The molecule has 0 aromatic heterocycles. The van der Waals surface area contributed by atoms with Crippen molar-refractivity contribution < 1.29 is 28.6 Å². The molecular weight excluding hydrogens is 1020 g/mol. The zero-order valence-electron chi connectivity index (χ0n) is 53.9. The van der Waals surface area contributed by atoms with Crippen LogP contribution in [0.3, 0.4) is 0 Å². The molecule has 1 unspecified atom stereocenters. The molecule has 0 radical (unpaired) electrons. The van der Waals surface area contributed by atoms with E-state index in [2.05, 4.69) is 167 Å². The van der Waals surface area contributed by atoms with Gasteiger partial charge in [0.1, 0.15) is 13.2 Å². The monoisotopic (exact) mass is 1150 g/mol. The van der Waals surface area contributed by atoms with Crippen LogP contribution in [0.25, 0.3) is 0 Å². The minimum atomic E-state index is -0.788. The van der Waals surface area contributed by atoms with Gasteiger partial charge >= 0.3 is 17.9 Å². The van der Waals surface area contributed by atoms with E-state index < -0.39 is 6.10 Å². The van der Waals surface area contributed by atoms with Gasteiger partial charge in [-0.25, -0.2) is 0 Å². The Morgan fingerprint density at radius 3 is 0.735 bits per heavy atom. The quantitative estimate of drug-likeness (QED) is 0.0261. The molecule has 0 aliphatic rings. The SMILES string of the molecule is CC/C=C\C/C=C\C/C=C\C/C=C\C/C=C\C/C=C\C/C=C\CCCCCCCCCCCC(=O)OCC(COC(=O)CCCCCCCCCCC)OC(=O)CCCCCCCCCCC/C=C\C/C=C\C/C=C\C/C=C\C/C=C\CC. The van der Waals surface area contributed by atoms with Crippen LogP contribution >= 0.6 is 0 Å². The van der Waals surface area contributed by atoms with Crippen LogP contribution in [0.15, 0.2) is 146 Å². The van der Waals surface area contributed by atoms with Crippen molar-refractivity contribution in [2.24, 2.45) is 0 Å². The molecule has 0 amide bonds. The molecule has 0 aromatic carbocycles. The number of carbonyl (C=O) groups excluding carboxylic acids is 3. The Balaban J connectivity index is 4.23. The molecule has 0 fully saturated rings. The summed E-state index contributed by atoms with van der Waals surface area (Å²) in [7, 11) is 0. The molecule has 1 atom stereocenters. The van der Waals surface area contributed by atoms with Crippen LogP contribution in [0, 0.1) is 0 Å². The van der Waals surface area contributed by atoms with Crippen LogP contribution in [0.1, 0.15) is 303 Å². The van der Waals surface area contributed by atoms with Gasteiger partial charge in [-0.3, -0.25) is 14.4 Å². The predicted molar refractivity (Wildman–Crippen MR) is 362 cm³/mol. The summed E-state index contributed by atoms with van der Waals surface area (Å²) in [5.41, 5.74) is 0. The maximum atomic E-state index is 12.9. The normalized spacial score (nSPS) is 13.0. The Morgan fingerprint density at radius 2 is 0.470 bits per heavy atom. The van der Waals surface area contributed by atoms with E-state index >= 15 is 0 Å². The number of carbonyl (C=O) groups is 3. The van der Waals surface area contributed by atoms with Gasteiger partial charge in [-0.15, -0.1) is 0 Å². The third kappa shape index (κ3) is 68.0. The molecule has 0 heterocycles. The van der Waals surface area contributed by atoms with Crippen molar-refractivity contribution in [3.63, 3.8) is 0 Å². The lowest BCUT2D eigenvalue weighted by Gasteiger charge is -2.18. The highest BCUT2D eigenvalue weighted by molar-refractivity contribution is 5.71. The Labute approximate surface area is 512 Å². The number of ether oxygens (including phenoxy) is 3. The van der Waals surface area contributed by atoms with E-state index in [0.29, 0.717) is 19.3 Å². The maximum Gasteiger partial charge on any atom is 0.306 e. The first-order valence-electron chi connectivity index (χ1n) is 34.3. The summed E-state index contributed by atoms with van der Waals surface area (Å²) in [6.07, 6.45) is 100. The van der Waals surface area contributed by atoms with E-state index in [1.165, 1.54) is 116 Å². The van der Waals surface area contributed by atoms with Crippen LogP contribution in [-0.4, -0.2) is 37.2 Å². The fourth-order valence-corrected chi connectivity index (χ4v) is 9.27. The molecule has 0 N–H and O–H groups in total. The maximum absolute atomic E-state index is 12.9. The van der Waals surface area contributed by atoms with Crippen molar-refractivity contribution in [2.45, 2.75) is 309 Å². The van der Waals surface area contributed by atoms with Gasteiger partial charge in [0.25, 0.3) is 0 Å². The zero-order valence-corrected chi connectivity index (χ0v) is 53.9. The predicted octanol–water partition coefficient (Wildman–Crippen LogP) is 23.9. The zero-order chi connectivity index (χ0) is 59.9. The lowest BCUT2D eigenvalue weighted by Crippen LogP contribution is -2.30. The highest BCUT2D eigenvalue weighted by Gasteiger charge is 2.19. The Bertz CT molecular complexity index is 1800. The van der Waals surface area contributed by atoms with E-state index in [-0.39, 0.29) is 31.1 Å². The smallest absolute Gasteiger partial charge is 0.306 e. The second kappa shape index (κ2) is 69.8. The van der Waals surface area contributed by atoms with E-state index in [1.54, 1.807) is 0 Å². The molecule has 0 rings (SSSR count). The fraction of sp³-hybridized carbons (Fsp3) is 0.649. The number of allylic oxidation sites excluding steroid dienone is 24. The average Bonchev–Trinajstić information content (AvgIpc) is 3.49. The third-order valence-corrected chi connectivity index (χ3v) is 14.3. The second-order valence-corrected chi connectivity index (χ2v) is 22.3. The molecule has 6 heteroatoms. The van der Waals surface area contributed by atoms with E-state index in [0.717, 1.165) is 148 Å². The van der Waals surface area contributed by atoms with Gasteiger partial charge in [0.15, 0.2) is 6.10 Å². The van der Waals surface area contributed by atoms with Crippen molar-refractivity contribution in [1.29, 1.82) is 0 Å². The first-order valence-corrected chi connectivity index (χ1v) is 34.3. The number of hydrogen-bond acceptors (Lipinski definition) is 6. The minimum Gasteiger partial charge on any atom is -0.462 e. The van der Waals surface area contributed by atoms with Crippen molar-refractivity contribution >= 4 is 17.9 Å². The van der Waals surface area contributed by atoms with E-state index in [9.17, 15) is 14.4 Å². The lowest BCUT2D eigenvalue weighted by atomic mass is 10.1. The Hall–Kier alpha value is -4.71. The summed E-state index contributed by atoms with van der Waals surface area (Å²) < 4.78 is 16.9. The molecule has 0 bridgehead atoms. The van der Waals surface area contributed by atoms with Gasteiger partial charge in [-0.05, 0) is 122 Å². The van der Waals surface area contributed by atoms with Crippen LogP contribution < -0.4 is 0 Å². The van der Waals surface area contributed by atoms with Crippen molar-refractivity contribution in [1.82, 2.24) is 0 Å². The van der Waals surface area contributed by atoms with E-state index in [1.807, 2.05) is 0 Å². The largest absolute Gasteiger partial charge is 0.462 e. The molecule has 470 valence electrons. The second-order valence-electron chi connectivity index (χ2n) is 22.3. The van der Waals surface area contributed by atoms with Crippen molar-refractivity contribution in [2.75, 3.05) is 13.2 Å². The molecular formula is C77H126O6. The summed E-state index contributed by atoms with van der Waals surface area (Å²) >= 11 is 0. The fourth-order valence-electron chi connectivity index (χ4n) is 9.27. The van der Waals surface area contributed by atoms with Crippen LogP contribution in [0.2, 0.25) is 0 Å². The number of esters is 3. The Kier molecular flexibility index (Phi) is 65.8. The van der Waals surface area contributed by atoms with Crippen LogP contribution in [0.4, 0.5) is 0 Å². The van der Waals surface area contributed by atoms with E-state index in [4.69, 9.17) is 14.2 Å². The molecule has 6 nitrogen and oxygen atoms in total. The lowest BCUT2D eigenvalue weighted by molar-refractivity contribution is -0.167. The third-order valence-electron chi connectivity index (χ3n) is 14.3. The Morgan fingerprint density at radius 1 is 0.253 bits per heavy atom. The van der Waals surface area contributed by atoms with Gasteiger partial charge in [0.05, 0.1) is 0 Å². The van der Waals surface area contributed by atoms with Crippen LogP contribution in [0.5, 0.6) is 0 Å². The molecule has 0 saturated heterocycles. The molecule has 0 spiro atoms. The number of rotatable bonds is 61. The first-order chi connectivity index (χ1) is 41.0. The van der Waals surface area contributed by atoms with Gasteiger partial charge < -0.3 is 14.2 Å². The van der Waals surface area contributed by atoms with Gasteiger partial charge in [-0.1, -0.05) is 308 Å². The molecule has 0 aromatic rings. The summed E-state index contributed by atoms with van der Waals surface area (Å²) in [5, 5.41) is 0. The number of hydrogen-bond donors (Lipinski definition) is 0. The summed E-state index contributed by atoms with van der Waals surface area (Å²) in [4.78, 5) is 38.3. The first kappa shape index (κ1) is 78.3. The van der Waals surface area contributed by atoms with Crippen LogP contribution in [-0.2, 0) is 28.6 Å². The van der Waals surface area contributed by atoms with Gasteiger partial charge in [-0.2, -0.15) is 0 Å². The van der Waals surface area contributed by atoms with Crippen molar-refractivity contribution in [3.05, 3.63) is 146 Å². The highest BCUT2D eigenvalue weighted by Crippen LogP contribution is 2.16. The molecule has 0 aliphatic heterocycles. The molecule has 0 saturated carbocycles. The van der Waals surface area contributed by atoms with Gasteiger partial charge in [0, 0.05) is 19.3 Å². The molecule has 83 heavy (non-hydrogen) atoms. The number of unbranched alkanes of at least 4 members (excludes halogenated alkanes) is 26. The standard InChI is InChI=1S/C77H126O6/c1-4-7-10-13-16-19-21-23-25-27-29-31-33-35-36-37-38-39-40-42-43-45-47-49-51-53-55-58-61-64-67-70-76(79)82-73-74(72-81-75(78)69-66-63-60-57-18-15-12-9-6-3)83-77(80)71-68-65-62-59-56-54-52-50-48-46-44-41-34-32-30-28-26-24-22-20-17-14-11-8-5-2/h7-8,10-11,16-17,19-20,23-26,29-32,35-36,38-39,41-44,74H,4-6,9,12-15,18,21-22,27-28,33-34,37,40,45-73H2,1-3H3/b10-7-,11-8-,19-16-,20-17-,25-23-,26-24-,31-29-,32-30-,36-35-,39-38-,43-42-,44-41-. The summed E-state index contributed by atoms with van der Waals surface area (Å²) in [5.74, 6) is -0.895. The van der Waals surface area contributed by atoms with Crippen molar-refractivity contribution in [3.8, 4) is 0 Å². The highest BCUT2D eigenvalue weighted by atomic mass is 16.6. The summed E-state index contributed by atoms with van der Waals surface area (Å²) in [6.45, 7) is 6.40. The topological polar surface area (TPSA) is 78.9 Å². The molecule has 0 aliphatic carbocycles. The minimum absolute atomic E-state index is 0.0840. The summed E-state index contributed by atoms with van der Waals surface area (Å²) in [6, 6.07) is 0. The average molecular weight is 1150 g/mol.